The third-order valence-electron chi connectivity index (χ3n) is 4.78. The van der Waals surface area contributed by atoms with E-state index in [-0.39, 0.29) is 0 Å². The Bertz CT molecular complexity index is 828. The van der Waals surface area contributed by atoms with E-state index in [2.05, 4.69) is 37.1 Å². The van der Waals surface area contributed by atoms with Gasteiger partial charge in [0.1, 0.15) is 0 Å². The minimum atomic E-state index is -0.856. The van der Waals surface area contributed by atoms with Crippen LogP contribution in [0.3, 0.4) is 0 Å². The van der Waals surface area contributed by atoms with E-state index in [0.29, 0.717) is 24.1 Å². The van der Waals surface area contributed by atoms with Gasteiger partial charge in [-0.25, -0.2) is 9.97 Å². The fourth-order valence-electron chi connectivity index (χ4n) is 3.07. The molecule has 26 heavy (non-hydrogen) atoms. The molecule has 0 saturated carbocycles. The van der Waals surface area contributed by atoms with Crippen molar-refractivity contribution in [3.8, 4) is 0 Å². The highest BCUT2D eigenvalue weighted by Gasteiger charge is 2.15. The highest BCUT2D eigenvalue weighted by Crippen LogP contribution is 2.28. The Labute approximate surface area is 154 Å². The van der Waals surface area contributed by atoms with Crippen molar-refractivity contribution in [2.24, 2.45) is 17.8 Å². The smallest absolute Gasteiger partial charge is 0.314 e. The number of carboxylic acid groups (broad SMARTS) is 1. The number of carboxylic acids is 1. The maximum absolute atomic E-state index is 11.2. The lowest BCUT2D eigenvalue weighted by Crippen LogP contribution is -2.09. The van der Waals surface area contributed by atoms with Gasteiger partial charge < -0.3 is 5.11 Å². The van der Waals surface area contributed by atoms with E-state index in [0.717, 1.165) is 23.3 Å². The van der Waals surface area contributed by atoms with Gasteiger partial charge in [-0.2, -0.15) is 0 Å². The fraction of sp³-hybridized carbons (Fsp3) is 0.318. The zero-order valence-corrected chi connectivity index (χ0v) is 15.2. The second-order valence-electron chi connectivity index (χ2n) is 6.97. The standard InChI is InChI=1S/C22H24N2O2/c1-15(2)16-7-9-17(10-8-16)20-13-14-23-21(24-20)18-5-3-4-6-19(12-11-18)22(25)26/h4-7,9-16,19H,3,8H2,1-2H3,(H,25,26)/b6-4+,12-11-,18-5+. The fourth-order valence-corrected chi connectivity index (χ4v) is 3.07. The molecule has 0 amide bonds. The summed E-state index contributed by atoms with van der Waals surface area (Å²) in [5.41, 5.74) is 2.86. The SMILES string of the molecule is CC(C)C1C=CC(c2ccnc(C3=C/C/C=C/C(C(=O)O)/C=C\3)n2)=CC1. The Balaban J connectivity index is 1.84. The second kappa shape index (κ2) is 8.09. The van der Waals surface area contributed by atoms with Crippen LogP contribution in [0.4, 0.5) is 0 Å². The second-order valence-corrected chi connectivity index (χ2v) is 6.97. The summed E-state index contributed by atoms with van der Waals surface area (Å²) >= 11 is 0. The molecule has 0 spiro atoms. The Morgan fingerprint density at radius 3 is 2.65 bits per heavy atom. The number of rotatable bonds is 4. The molecule has 0 aromatic carbocycles. The summed E-state index contributed by atoms with van der Waals surface area (Å²) in [5, 5.41) is 9.22. The van der Waals surface area contributed by atoms with Crippen molar-refractivity contribution in [3.05, 3.63) is 72.4 Å². The quantitative estimate of drug-likeness (QED) is 0.802. The average molecular weight is 348 g/mol. The predicted molar refractivity (Wildman–Crippen MR) is 104 cm³/mol. The van der Waals surface area contributed by atoms with E-state index in [9.17, 15) is 9.90 Å². The van der Waals surface area contributed by atoms with Gasteiger partial charge in [-0.05, 0) is 36.3 Å². The Kier molecular flexibility index (Phi) is 5.61. The lowest BCUT2D eigenvalue weighted by Gasteiger charge is -2.19. The van der Waals surface area contributed by atoms with Crippen LogP contribution >= 0.6 is 0 Å². The van der Waals surface area contributed by atoms with Crippen LogP contribution in [0.2, 0.25) is 0 Å². The van der Waals surface area contributed by atoms with Gasteiger partial charge in [-0.3, -0.25) is 4.79 Å². The lowest BCUT2D eigenvalue weighted by atomic mass is 9.87. The topological polar surface area (TPSA) is 63.1 Å². The highest BCUT2D eigenvalue weighted by atomic mass is 16.4. The normalized spacial score (nSPS) is 27.0. The molecule has 2 unspecified atom stereocenters. The summed E-state index contributed by atoms with van der Waals surface area (Å²) in [6, 6.07) is 1.92. The van der Waals surface area contributed by atoms with Crippen LogP contribution in [0.5, 0.6) is 0 Å². The van der Waals surface area contributed by atoms with Gasteiger partial charge in [0.25, 0.3) is 0 Å². The van der Waals surface area contributed by atoms with E-state index in [1.54, 1.807) is 24.4 Å². The van der Waals surface area contributed by atoms with E-state index in [4.69, 9.17) is 4.98 Å². The van der Waals surface area contributed by atoms with Crippen molar-refractivity contribution < 1.29 is 9.90 Å². The number of aromatic nitrogens is 2. The largest absolute Gasteiger partial charge is 0.481 e. The molecule has 2 aliphatic rings. The molecule has 1 heterocycles. The van der Waals surface area contributed by atoms with Crippen LogP contribution in [0, 0.1) is 17.8 Å². The summed E-state index contributed by atoms with van der Waals surface area (Å²) in [5.74, 6) is 0.365. The van der Waals surface area contributed by atoms with Gasteiger partial charge >= 0.3 is 5.97 Å². The molecule has 1 aromatic heterocycles. The van der Waals surface area contributed by atoms with Gasteiger partial charge in [-0.1, -0.05) is 62.5 Å². The van der Waals surface area contributed by atoms with Crippen molar-refractivity contribution >= 4 is 17.1 Å². The van der Waals surface area contributed by atoms with Crippen molar-refractivity contribution in [1.29, 1.82) is 0 Å². The van der Waals surface area contributed by atoms with Gasteiger partial charge in [-0.15, -0.1) is 0 Å². The maximum Gasteiger partial charge on any atom is 0.314 e. The molecule has 4 nitrogen and oxygen atoms in total. The first-order valence-electron chi connectivity index (χ1n) is 9.04. The molecule has 1 aromatic rings. The molecular weight excluding hydrogens is 324 g/mol. The Morgan fingerprint density at radius 1 is 1.15 bits per heavy atom. The van der Waals surface area contributed by atoms with Crippen LogP contribution < -0.4 is 0 Å². The third-order valence-corrected chi connectivity index (χ3v) is 4.78. The number of hydrogen-bond acceptors (Lipinski definition) is 3. The van der Waals surface area contributed by atoms with Gasteiger partial charge in [0, 0.05) is 11.8 Å². The van der Waals surface area contributed by atoms with Crippen molar-refractivity contribution in [2.75, 3.05) is 0 Å². The van der Waals surface area contributed by atoms with Gasteiger partial charge in [0.2, 0.25) is 0 Å². The summed E-state index contributed by atoms with van der Waals surface area (Å²) in [6.07, 6.45) is 19.2. The summed E-state index contributed by atoms with van der Waals surface area (Å²) in [4.78, 5) is 20.3. The number of allylic oxidation sites excluding steroid dienone is 8. The minimum absolute atomic E-state index is 0.580. The van der Waals surface area contributed by atoms with E-state index < -0.39 is 11.9 Å². The third kappa shape index (κ3) is 4.26. The Morgan fingerprint density at radius 2 is 1.96 bits per heavy atom. The first-order chi connectivity index (χ1) is 12.5. The van der Waals surface area contributed by atoms with Gasteiger partial charge in [0.15, 0.2) is 5.82 Å². The lowest BCUT2D eigenvalue weighted by molar-refractivity contribution is -0.138. The molecule has 2 aliphatic carbocycles. The predicted octanol–water partition coefficient (Wildman–Crippen LogP) is 4.69. The highest BCUT2D eigenvalue weighted by molar-refractivity contribution is 5.78. The average Bonchev–Trinajstić information content (AvgIpc) is 2.61. The molecular formula is C22H24N2O2. The molecule has 134 valence electrons. The van der Waals surface area contributed by atoms with E-state index in [1.165, 1.54) is 0 Å². The molecule has 3 rings (SSSR count). The summed E-state index contributed by atoms with van der Waals surface area (Å²) in [6.45, 7) is 4.48. The van der Waals surface area contributed by atoms with Crippen LogP contribution in [0.1, 0.15) is 38.2 Å². The van der Waals surface area contributed by atoms with Gasteiger partial charge in [0.05, 0.1) is 11.6 Å². The molecule has 1 N–H and O–H groups in total. The zero-order chi connectivity index (χ0) is 18.5. The molecule has 0 saturated heterocycles. The van der Waals surface area contributed by atoms with Crippen LogP contribution in [0.15, 0.2) is 60.9 Å². The first kappa shape index (κ1) is 18.1. The number of nitrogens with zero attached hydrogens (tertiary/aromatic N) is 2. The first-order valence-corrected chi connectivity index (χ1v) is 9.04. The summed E-state index contributed by atoms with van der Waals surface area (Å²) in [7, 11) is 0. The Hall–Kier alpha value is -2.75. The van der Waals surface area contributed by atoms with Crippen molar-refractivity contribution in [1.82, 2.24) is 9.97 Å². The molecule has 0 fully saturated rings. The minimum Gasteiger partial charge on any atom is -0.481 e. The molecule has 0 radical (unpaired) electrons. The summed E-state index contributed by atoms with van der Waals surface area (Å²) < 4.78 is 0. The molecule has 0 aliphatic heterocycles. The zero-order valence-electron chi connectivity index (χ0n) is 15.2. The molecule has 2 atom stereocenters. The molecule has 4 heteroatoms. The maximum atomic E-state index is 11.2. The number of carbonyl (C=O) groups is 1. The van der Waals surface area contributed by atoms with Crippen LogP contribution in [-0.4, -0.2) is 21.0 Å². The van der Waals surface area contributed by atoms with Crippen molar-refractivity contribution in [2.45, 2.75) is 26.7 Å². The number of aliphatic carboxylic acids is 1. The van der Waals surface area contributed by atoms with Crippen LogP contribution in [0.25, 0.3) is 11.1 Å². The van der Waals surface area contributed by atoms with E-state index >= 15 is 0 Å². The van der Waals surface area contributed by atoms with Crippen LogP contribution in [-0.2, 0) is 4.79 Å². The number of hydrogen-bond donors (Lipinski definition) is 1. The van der Waals surface area contributed by atoms with Crippen molar-refractivity contribution in [3.63, 3.8) is 0 Å². The molecule has 0 bridgehead atoms. The monoisotopic (exact) mass is 348 g/mol. The van der Waals surface area contributed by atoms with E-state index in [1.807, 2.05) is 18.2 Å².